The van der Waals surface area contributed by atoms with Crippen molar-refractivity contribution >= 4 is 11.6 Å². The highest BCUT2D eigenvalue weighted by atomic mass is 16.5. The maximum absolute atomic E-state index is 9.16. The van der Waals surface area contributed by atoms with Crippen LogP contribution in [0.5, 0.6) is 0 Å². The van der Waals surface area contributed by atoms with Gasteiger partial charge in [-0.25, -0.2) is 9.97 Å². The third-order valence-corrected chi connectivity index (χ3v) is 2.17. The molecule has 0 aliphatic rings. The van der Waals surface area contributed by atoms with Crippen LogP contribution in [0.15, 0.2) is 6.07 Å². The molecule has 0 saturated heterocycles. The van der Waals surface area contributed by atoms with Gasteiger partial charge in [-0.15, -0.1) is 0 Å². The van der Waals surface area contributed by atoms with E-state index in [-0.39, 0.29) is 12.6 Å². The minimum atomic E-state index is -0.232. The molecule has 1 aromatic heterocycles. The topological polar surface area (TPSA) is 103 Å². The molecular weight excluding hydrogens is 236 g/mol. The van der Waals surface area contributed by atoms with Crippen LogP contribution in [-0.2, 0) is 16.1 Å². The second-order valence-corrected chi connectivity index (χ2v) is 3.71. The summed E-state index contributed by atoms with van der Waals surface area (Å²) in [6.45, 7) is 3.11. The number of nitrogens with one attached hydrogen (secondary N) is 1. The summed E-state index contributed by atoms with van der Waals surface area (Å²) in [7, 11) is 1.57. The van der Waals surface area contributed by atoms with E-state index in [1.807, 2.05) is 6.92 Å². The van der Waals surface area contributed by atoms with E-state index in [0.29, 0.717) is 37.3 Å². The van der Waals surface area contributed by atoms with Crippen molar-refractivity contribution in [3.8, 4) is 0 Å². The summed E-state index contributed by atoms with van der Waals surface area (Å²) >= 11 is 0. The van der Waals surface area contributed by atoms with Crippen LogP contribution >= 0.6 is 0 Å². The number of methoxy groups -OCH3 is 1. The zero-order chi connectivity index (χ0) is 13.4. The van der Waals surface area contributed by atoms with Gasteiger partial charge >= 0.3 is 0 Å². The first-order chi connectivity index (χ1) is 8.69. The lowest BCUT2D eigenvalue weighted by Gasteiger charge is -2.16. The monoisotopic (exact) mass is 256 g/mol. The number of nitrogens with two attached hydrogens (primary N) is 1. The standard InChI is InChI=1S/C11H20N4O3/c1-3-18-7-11-14-9(12)4-10(15-11)13-8(5-16)6-17-2/h4,8,16H,3,5-7H2,1-2H3,(H3,12,13,14,15). The molecule has 102 valence electrons. The zero-order valence-corrected chi connectivity index (χ0v) is 10.7. The van der Waals surface area contributed by atoms with Crippen LogP contribution < -0.4 is 11.1 Å². The van der Waals surface area contributed by atoms with Gasteiger partial charge in [0, 0.05) is 19.8 Å². The molecule has 1 heterocycles. The van der Waals surface area contributed by atoms with Crippen molar-refractivity contribution in [2.45, 2.75) is 19.6 Å². The first kappa shape index (κ1) is 14.6. The normalized spacial score (nSPS) is 12.4. The molecule has 4 N–H and O–H groups in total. The summed E-state index contributed by atoms with van der Waals surface area (Å²) in [6, 6.07) is 1.37. The quantitative estimate of drug-likeness (QED) is 0.602. The SMILES string of the molecule is CCOCc1nc(N)cc(NC(CO)COC)n1. The van der Waals surface area contributed by atoms with Crippen LogP contribution in [0.4, 0.5) is 11.6 Å². The van der Waals surface area contributed by atoms with Crippen molar-refractivity contribution in [3.05, 3.63) is 11.9 Å². The molecule has 0 aromatic carbocycles. The molecule has 0 aliphatic heterocycles. The number of aliphatic hydroxyl groups excluding tert-OH is 1. The molecular formula is C11H20N4O3. The van der Waals surface area contributed by atoms with Gasteiger partial charge in [-0.05, 0) is 6.92 Å². The number of ether oxygens (including phenoxy) is 2. The smallest absolute Gasteiger partial charge is 0.158 e. The summed E-state index contributed by atoms with van der Waals surface area (Å²) in [6.07, 6.45) is 0. The number of hydrogen-bond acceptors (Lipinski definition) is 7. The predicted octanol–water partition coefficient (Wildman–Crippen LogP) is 0.0145. The fourth-order valence-electron chi connectivity index (χ4n) is 1.40. The van der Waals surface area contributed by atoms with Gasteiger partial charge in [-0.3, -0.25) is 0 Å². The average molecular weight is 256 g/mol. The molecule has 1 atom stereocenters. The maximum Gasteiger partial charge on any atom is 0.158 e. The minimum absolute atomic E-state index is 0.0570. The van der Waals surface area contributed by atoms with Gasteiger partial charge in [0.15, 0.2) is 5.82 Å². The summed E-state index contributed by atoms with van der Waals surface area (Å²) in [4.78, 5) is 8.31. The molecule has 0 amide bonds. The van der Waals surface area contributed by atoms with Crippen molar-refractivity contribution in [3.63, 3.8) is 0 Å². The zero-order valence-electron chi connectivity index (χ0n) is 10.7. The number of nitrogens with zero attached hydrogens (tertiary/aromatic N) is 2. The Bertz CT molecular complexity index is 362. The maximum atomic E-state index is 9.16. The van der Waals surface area contributed by atoms with Gasteiger partial charge in [-0.2, -0.15) is 0 Å². The first-order valence-electron chi connectivity index (χ1n) is 5.77. The molecule has 1 unspecified atom stereocenters. The van der Waals surface area contributed by atoms with Gasteiger partial charge in [0.25, 0.3) is 0 Å². The van der Waals surface area contributed by atoms with Crippen molar-refractivity contribution in [2.75, 3.05) is 38.0 Å². The summed E-state index contributed by atoms with van der Waals surface area (Å²) in [5.74, 6) is 1.41. The highest BCUT2D eigenvalue weighted by molar-refractivity contribution is 5.45. The van der Waals surface area contributed by atoms with Crippen LogP contribution in [-0.4, -0.2) is 48.0 Å². The lowest BCUT2D eigenvalue weighted by molar-refractivity contribution is 0.128. The Hall–Kier alpha value is -1.44. The van der Waals surface area contributed by atoms with Crippen LogP contribution in [0, 0.1) is 0 Å². The Balaban J connectivity index is 2.71. The van der Waals surface area contributed by atoms with E-state index in [4.69, 9.17) is 20.3 Å². The third kappa shape index (κ3) is 4.82. The number of anilines is 2. The van der Waals surface area contributed by atoms with Gasteiger partial charge in [-0.1, -0.05) is 0 Å². The largest absolute Gasteiger partial charge is 0.394 e. The minimum Gasteiger partial charge on any atom is -0.394 e. The van der Waals surface area contributed by atoms with Crippen LogP contribution in [0.1, 0.15) is 12.7 Å². The summed E-state index contributed by atoms with van der Waals surface area (Å²) in [5, 5.41) is 12.2. The lowest BCUT2D eigenvalue weighted by Crippen LogP contribution is -2.29. The third-order valence-electron chi connectivity index (χ3n) is 2.17. The van der Waals surface area contributed by atoms with Gasteiger partial charge in [0.05, 0.1) is 19.3 Å². The molecule has 0 bridgehead atoms. The van der Waals surface area contributed by atoms with Gasteiger partial charge < -0.3 is 25.6 Å². The number of aromatic nitrogens is 2. The molecule has 0 radical (unpaired) electrons. The van der Waals surface area contributed by atoms with Crippen molar-refractivity contribution < 1.29 is 14.6 Å². The van der Waals surface area contributed by atoms with Gasteiger partial charge in [0.1, 0.15) is 18.2 Å². The first-order valence-corrected chi connectivity index (χ1v) is 5.77. The van der Waals surface area contributed by atoms with Crippen LogP contribution in [0.25, 0.3) is 0 Å². The second kappa shape index (κ2) is 7.80. The summed E-state index contributed by atoms with van der Waals surface area (Å²) in [5.41, 5.74) is 5.68. The van der Waals surface area contributed by atoms with Crippen LogP contribution in [0.2, 0.25) is 0 Å². The van der Waals surface area contributed by atoms with E-state index in [1.165, 1.54) is 0 Å². The highest BCUT2D eigenvalue weighted by Crippen LogP contribution is 2.10. The Kier molecular flexibility index (Phi) is 6.34. The predicted molar refractivity (Wildman–Crippen MR) is 68.1 cm³/mol. The van der Waals surface area contributed by atoms with E-state index >= 15 is 0 Å². The fourth-order valence-corrected chi connectivity index (χ4v) is 1.40. The number of aliphatic hydroxyl groups is 1. The van der Waals surface area contributed by atoms with Crippen LogP contribution in [0.3, 0.4) is 0 Å². The Morgan fingerprint density at radius 2 is 2.28 bits per heavy atom. The number of hydrogen-bond donors (Lipinski definition) is 3. The molecule has 0 aliphatic carbocycles. The molecule has 0 saturated carbocycles. The molecule has 7 nitrogen and oxygen atoms in total. The van der Waals surface area contributed by atoms with Gasteiger partial charge in [0.2, 0.25) is 0 Å². The van der Waals surface area contributed by atoms with Crippen molar-refractivity contribution in [1.29, 1.82) is 0 Å². The molecule has 0 spiro atoms. The lowest BCUT2D eigenvalue weighted by atomic mass is 10.3. The Morgan fingerprint density at radius 3 is 2.89 bits per heavy atom. The Morgan fingerprint density at radius 1 is 1.50 bits per heavy atom. The molecule has 0 fully saturated rings. The average Bonchev–Trinajstić information content (AvgIpc) is 2.35. The Labute approximate surface area is 106 Å². The summed E-state index contributed by atoms with van der Waals surface area (Å²) < 4.78 is 10.2. The van der Waals surface area contributed by atoms with E-state index in [2.05, 4.69) is 15.3 Å². The van der Waals surface area contributed by atoms with E-state index in [9.17, 15) is 0 Å². The molecule has 1 rings (SSSR count). The fraction of sp³-hybridized carbons (Fsp3) is 0.636. The number of rotatable bonds is 8. The molecule has 7 heteroatoms. The van der Waals surface area contributed by atoms with Crippen molar-refractivity contribution in [1.82, 2.24) is 9.97 Å². The van der Waals surface area contributed by atoms with E-state index in [0.717, 1.165) is 0 Å². The molecule has 18 heavy (non-hydrogen) atoms. The van der Waals surface area contributed by atoms with E-state index in [1.54, 1.807) is 13.2 Å². The second-order valence-electron chi connectivity index (χ2n) is 3.71. The highest BCUT2D eigenvalue weighted by Gasteiger charge is 2.09. The number of nitrogen functional groups attached to an aromatic ring is 1. The van der Waals surface area contributed by atoms with E-state index < -0.39 is 0 Å². The molecule has 1 aromatic rings. The van der Waals surface area contributed by atoms with Crippen molar-refractivity contribution in [2.24, 2.45) is 0 Å².